The fourth-order valence-corrected chi connectivity index (χ4v) is 4.35. The largest absolute Gasteiger partial charge is 0.478 e. The topological polar surface area (TPSA) is 72.9 Å². The van der Waals surface area contributed by atoms with E-state index in [2.05, 4.69) is 22.0 Å². The zero-order valence-corrected chi connectivity index (χ0v) is 17.0. The van der Waals surface area contributed by atoms with Gasteiger partial charge in [-0.15, -0.1) is 0 Å². The van der Waals surface area contributed by atoms with E-state index in [0.29, 0.717) is 18.2 Å². The molecule has 0 spiro atoms. The Labute approximate surface area is 167 Å². The zero-order valence-electron chi connectivity index (χ0n) is 17.0. The predicted molar refractivity (Wildman–Crippen MR) is 112 cm³/mol. The number of carbonyl (C=O) groups excluding carboxylic acids is 1. The van der Waals surface area contributed by atoms with Crippen LogP contribution >= 0.6 is 0 Å². The molecule has 2 heterocycles. The molecule has 3 rings (SSSR count). The summed E-state index contributed by atoms with van der Waals surface area (Å²) in [6.07, 6.45) is 8.46. The smallest absolute Gasteiger partial charge is 0.335 e. The minimum atomic E-state index is -0.973. The molecular formula is C22H33N3O3. The number of aromatic carboxylic acids is 1. The SMILES string of the molecule is CCCCC(=O)Nc1cc(C(=O)O)ccc1N1CCC(N2CCCCC2)CC1. The Bertz CT molecular complexity index is 678. The van der Waals surface area contributed by atoms with Gasteiger partial charge >= 0.3 is 5.97 Å². The highest BCUT2D eigenvalue weighted by Crippen LogP contribution is 2.31. The Kier molecular flexibility index (Phi) is 7.31. The zero-order chi connectivity index (χ0) is 19.9. The van der Waals surface area contributed by atoms with E-state index < -0.39 is 5.97 Å². The Morgan fingerprint density at radius 1 is 1.11 bits per heavy atom. The van der Waals surface area contributed by atoms with E-state index in [4.69, 9.17) is 0 Å². The van der Waals surface area contributed by atoms with E-state index in [-0.39, 0.29) is 11.5 Å². The van der Waals surface area contributed by atoms with Crippen molar-refractivity contribution >= 4 is 23.3 Å². The summed E-state index contributed by atoms with van der Waals surface area (Å²) in [6, 6.07) is 5.73. The number of hydrogen-bond acceptors (Lipinski definition) is 4. The third-order valence-electron chi connectivity index (χ3n) is 5.99. The van der Waals surface area contributed by atoms with Crippen LogP contribution in [0.25, 0.3) is 0 Å². The van der Waals surface area contributed by atoms with Crippen LogP contribution in [0.4, 0.5) is 11.4 Å². The Hall–Kier alpha value is -2.08. The van der Waals surface area contributed by atoms with Gasteiger partial charge in [-0.2, -0.15) is 0 Å². The standard InChI is InChI=1S/C22H33N3O3/c1-2-3-7-21(26)23-19-16-17(22(27)28)8-9-20(19)25-14-10-18(11-15-25)24-12-5-4-6-13-24/h8-9,16,18H,2-7,10-15H2,1H3,(H,23,26)(H,27,28). The molecule has 2 N–H and O–H groups in total. The molecule has 0 bridgehead atoms. The quantitative estimate of drug-likeness (QED) is 0.741. The second-order valence-corrected chi connectivity index (χ2v) is 8.00. The molecule has 6 nitrogen and oxygen atoms in total. The van der Waals surface area contributed by atoms with Gasteiger partial charge in [0.15, 0.2) is 0 Å². The van der Waals surface area contributed by atoms with Gasteiger partial charge in [-0.3, -0.25) is 4.79 Å². The summed E-state index contributed by atoms with van der Waals surface area (Å²) in [6.45, 7) is 6.36. The third kappa shape index (κ3) is 5.25. The highest BCUT2D eigenvalue weighted by molar-refractivity contribution is 5.97. The Morgan fingerprint density at radius 3 is 2.46 bits per heavy atom. The summed E-state index contributed by atoms with van der Waals surface area (Å²) >= 11 is 0. The van der Waals surface area contributed by atoms with Crippen LogP contribution in [0.2, 0.25) is 0 Å². The molecule has 0 atom stereocenters. The van der Waals surface area contributed by atoms with Crippen molar-refractivity contribution < 1.29 is 14.7 Å². The molecule has 0 aromatic heterocycles. The van der Waals surface area contributed by atoms with Crippen molar-refractivity contribution in [3.8, 4) is 0 Å². The van der Waals surface area contributed by atoms with Crippen molar-refractivity contribution in [1.82, 2.24) is 4.90 Å². The van der Waals surface area contributed by atoms with Crippen LogP contribution in [0.3, 0.4) is 0 Å². The molecule has 2 aliphatic rings. The highest BCUT2D eigenvalue weighted by Gasteiger charge is 2.27. The average molecular weight is 388 g/mol. The van der Waals surface area contributed by atoms with Crippen LogP contribution in [0.1, 0.15) is 68.6 Å². The number of anilines is 2. The minimum absolute atomic E-state index is 0.0474. The van der Waals surface area contributed by atoms with Crippen LogP contribution in [0.5, 0.6) is 0 Å². The number of unbranched alkanes of at least 4 members (excludes halogenated alkanes) is 1. The summed E-state index contributed by atoms with van der Waals surface area (Å²) in [5, 5.41) is 12.3. The fourth-order valence-electron chi connectivity index (χ4n) is 4.35. The number of nitrogens with one attached hydrogen (secondary N) is 1. The molecule has 2 aliphatic heterocycles. The van der Waals surface area contributed by atoms with Crippen molar-refractivity contribution in [3.05, 3.63) is 23.8 Å². The molecule has 2 saturated heterocycles. The minimum Gasteiger partial charge on any atom is -0.478 e. The molecular weight excluding hydrogens is 354 g/mol. The predicted octanol–water partition coefficient (Wildman–Crippen LogP) is 3.97. The molecule has 0 saturated carbocycles. The Morgan fingerprint density at radius 2 is 1.82 bits per heavy atom. The summed E-state index contributed by atoms with van der Waals surface area (Å²) in [4.78, 5) is 28.6. The molecule has 2 fully saturated rings. The number of nitrogens with zero attached hydrogens (tertiary/aromatic N) is 2. The van der Waals surface area contributed by atoms with Gasteiger partial charge in [-0.1, -0.05) is 19.8 Å². The second-order valence-electron chi connectivity index (χ2n) is 8.00. The number of carboxylic acid groups (broad SMARTS) is 1. The lowest BCUT2D eigenvalue weighted by molar-refractivity contribution is -0.116. The van der Waals surface area contributed by atoms with E-state index in [9.17, 15) is 14.7 Å². The molecule has 1 amide bonds. The number of piperidine rings is 2. The van der Waals surface area contributed by atoms with Crippen molar-refractivity contribution in [1.29, 1.82) is 0 Å². The maximum atomic E-state index is 12.3. The average Bonchev–Trinajstić information content (AvgIpc) is 2.73. The number of hydrogen-bond donors (Lipinski definition) is 2. The molecule has 0 unspecified atom stereocenters. The van der Waals surface area contributed by atoms with E-state index in [0.717, 1.165) is 44.5 Å². The first kappa shape index (κ1) is 20.6. The van der Waals surface area contributed by atoms with Gasteiger partial charge in [0.05, 0.1) is 16.9 Å². The maximum absolute atomic E-state index is 12.3. The lowest BCUT2D eigenvalue weighted by Gasteiger charge is -2.41. The number of amides is 1. The summed E-state index contributed by atoms with van der Waals surface area (Å²) in [5.41, 5.74) is 1.77. The first-order valence-electron chi connectivity index (χ1n) is 10.7. The highest BCUT2D eigenvalue weighted by atomic mass is 16.4. The maximum Gasteiger partial charge on any atom is 0.335 e. The van der Waals surface area contributed by atoms with Crippen molar-refractivity contribution in [2.75, 3.05) is 36.4 Å². The number of benzene rings is 1. The molecule has 0 aliphatic carbocycles. The van der Waals surface area contributed by atoms with Crippen LogP contribution in [0, 0.1) is 0 Å². The first-order valence-corrected chi connectivity index (χ1v) is 10.7. The molecule has 1 aromatic rings. The molecule has 154 valence electrons. The van der Waals surface area contributed by atoms with Crippen LogP contribution in [-0.4, -0.2) is 54.1 Å². The summed E-state index contributed by atoms with van der Waals surface area (Å²) in [5.74, 6) is -1.02. The number of likely N-dealkylation sites (tertiary alicyclic amines) is 1. The van der Waals surface area contributed by atoms with Crippen LogP contribution in [-0.2, 0) is 4.79 Å². The lowest BCUT2D eigenvalue weighted by Crippen LogP contribution is -2.46. The number of carboxylic acids is 1. The lowest BCUT2D eigenvalue weighted by atomic mass is 9.99. The van der Waals surface area contributed by atoms with E-state index >= 15 is 0 Å². The van der Waals surface area contributed by atoms with Crippen molar-refractivity contribution in [2.45, 2.75) is 64.3 Å². The third-order valence-corrected chi connectivity index (χ3v) is 5.99. The monoisotopic (exact) mass is 387 g/mol. The molecule has 28 heavy (non-hydrogen) atoms. The second kappa shape index (κ2) is 9.92. The fraction of sp³-hybridized carbons (Fsp3) is 0.636. The van der Waals surface area contributed by atoms with Crippen LogP contribution in [0.15, 0.2) is 18.2 Å². The van der Waals surface area contributed by atoms with Crippen LogP contribution < -0.4 is 10.2 Å². The van der Waals surface area contributed by atoms with Crippen molar-refractivity contribution in [3.63, 3.8) is 0 Å². The van der Waals surface area contributed by atoms with Gasteiger partial charge in [-0.05, 0) is 63.4 Å². The number of carbonyl (C=O) groups is 2. The van der Waals surface area contributed by atoms with Gasteiger partial charge in [0.1, 0.15) is 0 Å². The summed E-state index contributed by atoms with van der Waals surface area (Å²) in [7, 11) is 0. The Balaban J connectivity index is 1.69. The molecule has 1 aromatic carbocycles. The molecule has 0 radical (unpaired) electrons. The van der Waals surface area contributed by atoms with Gasteiger partial charge in [0, 0.05) is 25.6 Å². The summed E-state index contributed by atoms with van der Waals surface area (Å²) < 4.78 is 0. The van der Waals surface area contributed by atoms with Gasteiger partial charge in [0.2, 0.25) is 5.91 Å². The van der Waals surface area contributed by atoms with E-state index in [1.807, 2.05) is 6.07 Å². The normalized spacial score (nSPS) is 18.8. The van der Waals surface area contributed by atoms with E-state index in [1.165, 1.54) is 32.4 Å². The van der Waals surface area contributed by atoms with E-state index in [1.54, 1.807) is 12.1 Å². The van der Waals surface area contributed by atoms with Gasteiger partial charge < -0.3 is 20.2 Å². The van der Waals surface area contributed by atoms with Crippen molar-refractivity contribution in [2.24, 2.45) is 0 Å². The number of rotatable bonds is 7. The molecule has 6 heteroatoms. The van der Waals surface area contributed by atoms with Gasteiger partial charge in [0.25, 0.3) is 0 Å². The van der Waals surface area contributed by atoms with Gasteiger partial charge in [-0.25, -0.2) is 4.79 Å². The first-order chi connectivity index (χ1) is 13.6.